The lowest BCUT2D eigenvalue weighted by Crippen LogP contribution is -2.38. The fourth-order valence-corrected chi connectivity index (χ4v) is 4.79. The maximum absolute atomic E-state index is 13.5. The molecule has 3 heterocycles. The van der Waals surface area contributed by atoms with Gasteiger partial charge < -0.3 is 4.90 Å². The summed E-state index contributed by atoms with van der Waals surface area (Å²) in [5.41, 5.74) is 1.92. The number of nitrogens with zero attached hydrogens (tertiary/aromatic N) is 5. The minimum absolute atomic E-state index is 0.143. The maximum atomic E-state index is 13.5. The third kappa shape index (κ3) is 4.46. The van der Waals surface area contributed by atoms with E-state index >= 15 is 0 Å². The molecule has 0 saturated carbocycles. The first-order valence-corrected chi connectivity index (χ1v) is 11.1. The average Bonchev–Trinajstić information content (AvgIpc) is 3.21. The molecule has 1 saturated heterocycles. The van der Waals surface area contributed by atoms with Crippen molar-refractivity contribution in [3.05, 3.63) is 73.1 Å². The molecule has 0 spiro atoms. The molecule has 1 fully saturated rings. The van der Waals surface area contributed by atoms with Crippen LogP contribution in [0.5, 0.6) is 0 Å². The van der Waals surface area contributed by atoms with Gasteiger partial charge in [0.15, 0.2) is 11.0 Å². The lowest BCUT2D eigenvalue weighted by molar-refractivity contribution is -0.131. The Morgan fingerprint density at radius 1 is 1.07 bits per heavy atom. The van der Waals surface area contributed by atoms with Crippen molar-refractivity contribution in [2.24, 2.45) is 0 Å². The van der Waals surface area contributed by atoms with Crippen LogP contribution in [-0.2, 0) is 11.3 Å². The van der Waals surface area contributed by atoms with Gasteiger partial charge in [0.1, 0.15) is 5.25 Å². The maximum Gasteiger partial charge on any atom is 0.240 e. The highest BCUT2D eigenvalue weighted by molar-refractivity contribution is 8.00. The molecule has 1 amide bonds. The molecular weight excluding hydrogens is 394 g/mol. The minimum atomic E-state index is -0.359. The fraction of sp³-hybridized carbons (Fsp3) is 0.304. The Balaban J connectivity index is 1.68. The van der Waals surface area contributed by atoms with Crippen molar-refractivity contribution in [2.75, 3.05) is 13.1 Å². The lowest BCUT2D eigenvalue weighted by atomic mass is 10.1. The van der Waals surface area contributed by atoms with Gasteiger partial charge in [-0.15, -0.1) is 16.8 Å². The third-order valence-electron chi connectivity index (χ3n) is 5.18. The topological polar surface area (TPSA) is 63.9 Å². The van der Waals surface area contributed by atoms with Gasteiger partial charge in [0.05, 0.1) is 0 Å². The van der Waals surface area contributed by atoms with Crippen molar-refractivity contribution < 1.29 is 4.79 Å². The number of likely N-dealkylation sites (tertiary alicyclic amines) is 1. The predicted molar refractivity (Wildman–Crippen MR) is 119 cm³/mol. The van der Waals surface area contributed by atoms with E-state index in [-0.39, 0.29) is 11.2 Å². The highest BCUT2D eigenvalue weighted by Crippen LogP contribution is 2.37. The SMILES string of the molecule is C=CCn1c(S[C@@H](C(=O)N2CCCCC2)c2ccccc2)nnc1-c1ccncc1. The molecule has 2 aromatic heterocycles. The Kier molecular flexibility index (Phi) is 6.59. The molecule has 154 valence electrons. The zero-order chi connectivity index (χ0) is 20.8. The number of rotatable bonds is 7. The van der Waals surface area contributed by atoms with Crippen LogP contribution in [0.1, 0.15) is 30.1 Å². The van der Waals surface area contributed by atoms with E-state index in [0.29, 0.717) is 11.7 Å². The van der Waals surface area contributed by atoms with Crippen LogP contribution >= 0.6 is 11.8 Å². The number of aromatic nitrogens is 4. The van der Waals surface area contributed by atoms with Crippen molar-refractivity contribution >= 4 is 17.7 Å². The van der Waals surface area contributed by atoms with Gasteiger partial charge in [-0.2, -0.15) is 0 Å². The zero-order valence-electron chi connectivity index (χ0n) is 16.9. The summed E-state index contributed by atoms with van der Waals surface area (Å²) >= 11 is 1.46. The number of thioether (sulfide) groups is 1. The largest absolute Gasteiger partial charge is 0.341 e. The Labute approximate surface area is 181 Å². The van der Waals surface area contributed by atoms with Crippen molar-refractivity contribution in [1.29, 1.82) is 0 Å². The molecule has 0 N–H and O–H groups in total. The van der Waals surface area contributed by atoms with E-state index in [0.717, 1.165) is 42.9 Å². The first kappa shape index (κ1) is 20.3. The quantitative estimate of drug-likeness (QED) is 0.420. The number of carbonyl (C=O) groups excluding carboxylic acids is 1. The summed E-state index contributed by atoms with van der Waals surface area (Å²) in [7, 11) is 0. The number of piperidine rings is 1. The Hall–Kier alpha value is -2.93. The number of hydrogen-bond donors (Lipinski definition) is 0. The second-order valence-corrected chi connectivity index (χ2v) is 8.31. The highest BCUT2D eigenvalue weighted by atomic mass is 32.2. The van der Waals surface area contributed by atoms with E-state index in [9.17, 15) is 4.79 Å². The predicted octanol–water partition coefficient (Wildman–Crippen LogP) is 4.37. The van der Waals surface area contributed by atoms with Crippen molar-refractivity contribution in [3.8, 4) is 11.4 Å². The zero-order valence-corrected chi connectivity index (χ0v) is 17.7. The van der Waals surface area contributed by atoms with Crippen LogP contribution in [0.3, 0.4) is 0 Å². The number of pyridine rings is 1. The molecule has 3 aromatic rings. The molecule has 1 aliphatic heterocycles. The van der Waals surface area contributed by atoms with Gasteiger partial charge in [-0.25, -0.2) is 0 Å². The standard InChI is InChI=1S/C23H25N5OS/c1-2-15-28-21(19-11-13-24-14-12-19)25-26-23(28)30-20(18-9-5-3-6-10-18)22(29)27-16-7-4-8-17-27/h2-3,5-6,9-14,20H,1,4,7-8,15-17H2/t20-/m1/s1. The summed E-state index contributed by atoms with van der Waals surface area (Å²) in [6.45, 7) is 6.09. The van der Waals surface area contributed by atoms with Crippen LogP contribution in [0.25, 0.3) is 11.4 Å². The van der Waals surface area contributed by atoms with Crippen LogP contribution in [0.2, 0.25) is 0 Å². The van der Waals surface area contributed by atoms with Crippen molar-refractivity contribution in [2.45, 2.75) is 36.2 Å². The Morgan fingerprint density at radius 2 is 1.80 bits per heavy atom. The van der Waals surface area contributed by atoms with Gasteiger partial charge in [-0.3, -0.25) is 14.3 Å². The van der Waals surface area contributed by atoms with Crippen molar-refractivity contribution in [1.82, 2.24) is 24.6 Å². The molecular formula is C23H25N5OS. The number of allylic oxidation sites excluding steroid dienone is 1. The van der Waals surface area contributed by atoms with Gasteiger partial charge in [0, 0.05) is 37.6 Å². The Bertz CT molecular complexity index is 983. The van der Waals surface area contributed by atoms with Crippen LogP contribution in [0, 0.1) is 0 Å². The van der Waals surface area contributed by atoms with Gasteiger partial charge in [-0.05, 0) is 37.0 Å². The fourth-order valence-electron chi connectivity index (χ4n) is 3.66. The molecule has 30 heavy (non-hydrogen) atoms. The Morgan fingerprint density at radius 3 is 2.50 bits per heavy atom. The van der Waals surface area contributed by atoms with Gasteiger partial charge in [0.2, 0.25) is 5.91 Å². The molecule has 1 aromatic carbocycles. The molecule has 1 aliphatic rings. The van der Waals surface area contributed by atoms with Crippen LogP contribution in [0.15, 0.2) is 72.7 Å². The second kappa shape index (κ2) is 9.71. The summed E-state index contributed by atoms with van der Waals surface area (Å²) in [5.74, 6) is 0.890. The monoisotopic (exact) mass is 419 g/mol. The summed E-state index contributed by atoms with van der Waals surface area (Å²) in [6, 6.07) is 13.8. The minimum Gasteiger partial charge on any atom is -0.341 e. The van der Waals surface area contributed by atoms with Crippen molar-refractivity contribution in [3.63, 3.8) is 0 Å². The van der Waals surface area contributed by atoms with Crippen LogP contribution in [-0.4, -0.2) is 43.6 Å². The van der Waals surface area contributed by atoms with Crippen LogP contribution < -0.4 is 0 Å². The molecule has 0 unspecified atom stereocenters. The number of hydrogen-bond acceptors (Lipinski definition) is 5. The normalized spacial score (nSPS) is 15.0. The van der Waals surface area contributed by atoms with E-state index in [1.54, 1.807) is 12.4 Å². The number of benzene rings is 1. The molecule has 6 nitrogen and oxygen atoms in total. The van der Waals surface area contributed by atoms with Crippen LogP contribution in [0.4, 0.5) is 0 Å². The van der Waals surface area contributed by atoms with E-state index in [1.165, 1.54) is 18.2 Å². The first-order chi connectivity index (χ1) is 14.8. The highest BCUT2D eigenvalue weighted by Gasteiger charge is 2.30. The number of amides is 1. The van der Waals surface area contributed by atoms with Gasteiger partial charge in [-0.1, -0.05) is 48.2 Å². The van der Waals surface area contributed by atoms with E-state index in [1.807, 2.05) is 58.0 Å². The molecule has 0 aliphatic carbocycles. The summed E-state index contributed by atoms with van der Waals surface area (Å²) in [4.78, 5) is 19.5. The summed E-state index contributed by atoms with van der Waals surface area (Å²) in [5, 5.41) is 9.21. The molecule has 0 radical (unpaired) electrons. The second-order valence-electron chi connectivity index (χ2n) is 7.24. The summed E-state index contributed by atoms with van der Waals surface area (Å²) in [6.07, 6.45) is 8.62. The molecule has 0 bridgehead atoms. The lowest BCUT2D eigenvalue weighted by Gasteiger charge is -2.30. The smallest absolute Gasteiger partial charge is 0.240 e. The molecule has 1 atom stereocenters. The van der Waals surface area contributed by atoms with E-state index in [2.05, 4.69) is 21.8 Å². The van der Waals surface area contributed by atoms with Gasteiger partial charge >= 0.3 is 0 Å². The molecule has 4 rings (SSSR count). The van der Waals surface area contributed by atoms with E-state index in [4.69, 9.17) is 0 Å². The molecule has 7 heteroatoms. The summed E-state index contributed by atoms with van der Waals surface area (Å²) < 4.78 is 2.01. The average molecular weight is 420 g/mol. The van der Waals surface area contributed by atoms with E-state index < -0.39 is 0 Å². The third-order valence-corrected chi connectivity index (χ3v) is 6.41. The number of carbonyl (C=O) groups is 1. The van der Waals surface area contributed by atoms with Gasteiger partial charge in [0.25, 0.3) is 0 Å². The first-order valence-electron chi connectivity index (χ1n) is 10.2.